The summed E-state index contributed by atoms with van der Waals surface area (Å²) in [6.45, 7) is 0.195. The van der Waals surface area contributed by atoms with E-state index < -0.39 is 5.91 Å². The van der Waals surface area contributed by atoms with E-state index in [-0.39, 0.29) is 29.9 Å². The minimum atomic E-state index is -0.620. The van der Waals surface area contributed by atoms with Gasteiger partial charge in [-0.25, -0.2) is 5.48 Å². The first-order chi connectivity index (χ1) is 17.0. The molecule has 1 aromatic heterocycles. The Hall–Kier alpha value is -4.56. The SMILES string of the molecule is O=C(/C=C/c1ccc(OC[C@H](Cc2c[nH]c3ccccc23)NC(=O)c2ccccc2O)cc1)NO. The fraction of sp³-hybridized carbons (Fsp3) is 0.111. The monoisotopic (exact) mass is 471 g/mol. The first-order valence-corrected chi connectivity index (χ1v) is 11.0. The largest absolute Gasteiger partial charge is 0.507 e. The number of rotatable bonds is 9. The number of aromatic nitrogens is 1. The molecule has 5 N–H and O–H groups in total. The van der Waals surface area contributed by atoms with Crippen molar-refractivity contribution in [3.63, 3.8) is 0 Å². The standard InChI is InChI=1S/C27H25N3O5/c31-25-8-4-2-6-23(25)27(33)29-20(15-19-16-28-24-7-3-1-5-22(19)24)17-35-21-12-9-18(10-13-21)11-14-26(32)30-34/h1-14,16,20,28,31,34H,15,17H2,(H,29,33)(H,30,32)/b14-11+/t20-/m0/s1. The first kappa shape index (κ1) is 23.6. The summed E-state index contributed by atoms with van der Waals surface area (Å²) in [4.78, 5) is 27.3. The van der Waals surface area contributed by atoms with E-state index >= 15 is 0 Å². The lowest BCUT2D eigenvalue weighted by Crippen LogP contribution is -2.40. The van der Waals surface area contributed by atoms with E-state index in [1.165, 1.54) is 17.6 Å². The third kappa shape index (κ3) is 6.07. The molecule has 1 heterocycles. The number of carbonyl (C=O) groups is 2. The normalized spacial score (nSPS) is 11.9. The highest BCUT2D eigenvalue weighted by atomic mass is 16.5. The average Bonchev–Trinajstić information content (AvgIpc) is 3.29. The van der Waals surface area contributed by atoms with Gasteiger partial charge in [-0.15, -0.1) is 0 Å². The number of carbonyl (C=O) groups excluding carboxylic acids is 2. The van der Waals surface area contributed by atoms with Crippen molar-refractivity contribution >= 4 is 28.8 Å². The molecule has 35 heavy (non-hydrogen) atoms. The number of aromatic hydroxyl groups is 1. The predicted molar refractivity (Wildman–Crippen MR) is 132 cm³/mol. The van der Waals surface area contributed by atoms with E-state index in [2.05, 4.69) is 10.3 Å². The third-order valence-corrected chi connectivity index (χ3v) is 5.49. The topological polar surface area (TPSA) is 124 Å². The summed E-state index contributed by atoms with van der Waals surface area (Å²) < 4.78 is 5.97. The van der Waals surface area contributed by atoms with Gasteiger partial charge in [0.15, 0.2) is 0 Å². The number of hydrogen-bond donors (Lipinski definition) is 5. The van der Waals surface area contributed by atoms with Crippen LogP contribution in [0.4, 0.5) is 0 Å². The molecule has 0 saturated heterocycles. The number of phenolic OH excluding ortho intramolecular Hbond substituents is 1. The minimum absolute atomic E-state index is 0.0877. The van der Waals surface area contributed by atoms with Crippen LogP contribution < -0.4 is 15.5 Å². The summed E-state index contributed by atoms with van der Waals surface area (Å²) >= 11 is 0. The van der Waals surface area contributed by atoms with Crippen LogP contribution in [-0.4, -0.2) is 39.8 Å². The maximum Gasteiger partial charge on any atom is 0.267 e. The second-order valence-corrected chi connectivity index (χ2v) is 7.94. The smallest absolute Gasteiger partial charge is 0.267 e. The van der Waals surface area contributed by atoms with Crippen molar-refractivity contribution in [2.75, 3.05) is 6.61 Å². The van der Waals surface area contributed by atoms with Gasteiger partial charge < -0.3 is 20.1 Å². The van der Waals surface area contributed by atoms with Crippen molar-refractivity contribution in [1.82, 2.24) is 15.8 Å². The van der Waals surface area contributed by atoms with Gasteiger partial charge in [-0.05, 0) is 54.0 Å². The van der Waals surface area contributed by atoms with Gasteiger partial charge in [-0.1, -0.05) is 42.5 Å². The van der Waals surface area contributed by atoms with Crippen LogP contribution in [0.1, 0.15) is 21.5 Å². The van der Waals surface area contributed by atoms with E-state index in [1.54, 1.807) is 48.5 Å². The second kappa shape index (κ2) is 11.0. The van der Waals surface area contributed by atoms with Gasteiger partial charge in [0.25, 0.3) is 11.8 Å². The molecule has 0 spiro atoms. The molecule has 0 radical (unpaired) electrons. The van der Waals surface area contributed by atoms with Crippen LogP contribution >= 0.6 is 0 Å². The van der Waals surface area contributed by atoms with Crippen molar-refractivity contribution in [2.24, 2.45) is 0 Å². The zero-order valence-electron chi connectivity index (χ0n) is 18.8. The number of benzene rings is 3. The second-order valence-electron chi connectivity index (χ2n) is 7.94. The van der Waals surface area contributed by atoms with E-state index in [4.69, 9.17) is 9.94 Å². The maximum atomic E-state index is 12.9. The lowest BCUT2D eigenvalue weighted by molar-refractivity contribution is -0.124. The summed E-state index contributed by atoms with van der Waals surface area (Å²) in [5.41, 5.74) is 4.53. The van der Waals surface area contributed by atoms with Gasteiger partial charge >= 0.3 is 0 Å². The Kier molecular flexibility index (Phi) is 7.44. The van der Waals surface area contributed by atoms with Gasteiger partial charge in [0, 0.05) is 23.2 Å². The molecular weight excluding hydrogens is 446 g/mol. The van der Waals surface area contributed by atoms with Crippen molar-refractivity contribution in [3.05, 3.63) is 102 Å². The average molecular weight is 472 g/mol. The molecule has 0 bridgehead atoms. The van der Waals surface area contributed by atoms with Crippen LogP contribution in [0.15, 0.2) is 85.1 Å². The highest BCUT2D eigenvalue weighted by Gasteiger charge is 2.19. The number of aromatic amines is 1. The van der Waals surface area contributed by atoms with Crippen molar-refractivity contribution in [1.29, 1.82) is 0 Å². The molecule has 0 fully saturated rings. The molecule has 1 atom stereocenters. The molecule has 8 heteroatoms. The van der Waals surface area contributed by atoms with E-state index in [0.29, 0.717) is 12.2 Å². The van der Waals surface area contributed by atoms with E-state index in [0.717, 1.165) is 22.0 Å². The molecule has 2 amide bonds. The number of hydrogen-bond acceptors (Lipinski definition) is 5. The number of amides is 2. The fourth-order valence-corrected chi connectivity index (χ4v) is 3.73. The van der Waals surface area contributed by atoms with Crippen LogP contribution in [0.3, 0.4) is 0 Å². The highest BCUT2D eigenvalue weighted by Crippen LogP contribution is 2.21. The third-order valence-electron chi connectivity index (χ3n) is 5.49. The van der Waals surface area contributed by atoms with Crippen molar-refractivity contribution in [3.8, 4) is 11.5 Å². The van der Waals surface area contributed by atoms with Crippen molar-refractivity contribution < 1.29 is 24.6 Å². The Balaban J connectivity index is 1.49. The molecule has 0 aliphatic rings. The van der Waals surface area contributed by atoms with Crippen LogP contribution in [0.25, 0.3) is 17.0 Å². The number of para-hydroxylation sites is 2. The Morgan fingerprint density at radius 2 is 1.74 bits per heavy atom. The molecule has 3 aromatic carbocycles. The van der Waals surface area contributed by atoms with E-state index in [1.807, 2.05) is 30.5 Å². The van der Waals surface area contributed by atoms with Crippen LogP contribution in [-0.2, 0) is 11.2 Å². The summed E-state index contributed by atoms with van der Waals surface area (Å²) in [6, 6.07) is 21.0. The van der Waals surface area contributed by atoms with Gasteiger partial charge in [-0.2, -0.15) is 0 Å². The van der Waals surface area contributed by atoms with Gasteiger partial charge in [0.2, 0.25) is 0 Å². The molecule has 8 nitrogen and oxygen atoms in total. The van der Waals surface area contributed by atoms with Crippen LogP contribution in [0.2, 0.25) is 0 Å². The quantitative estimate of drug-likeness (QED) is 0.144. The minimum Gasteiger partial charge on any atom is -0.507 e. The predicted octanol–water partition coefficient (Wildman–Crippen LogP) is 3.81. The zero-order valence-corrected chi connectivity index (χ0v) is 18.8. The molecule has 4 aromatic rings. The lowest BCUT2D eigenvalue weighted by Gasteiger charge is -2.20. The summed E-state index contributed by atoms with van der Waals surface area (Å²) in [5, 5.41) is 22.7. The lowest BCUT2D eigenvalue weighted by atomic mass is 10.0. The number of nitrogens with one attached hydrogen (secondary N) is 3. The molecule has 0 saturated carbocycles. The number of hydroxylamine groups is 1. The molecule has 0 unspecified atom stereocenters. The Morgan fingerprint density at radius 3 is 2.51 bits per heavy atom. The molecule has 0 aliphatic carbocycles. The number of phenols is 1. The summed E-state index contributed by atoms with van der Waals surface area (Å²) in [6.07, 6.45) is 5.21. The van der Waals surface area contributed by atoms with Gasteiger partial charge in [0.1, 0.15) is 18.1 Å². The molecule has 4 rings (SSSR count). The molecule has 0 aliphatic heterocycles. The zero-order chi connectivity index (χ0) is 24.6. The van der Waals surface area contributed by atoms with Gasteiger partial charge in [-0.3, -0.25) is 14.8 Å². The fourth-order valence-electron chi connectivity index (χ4n) is 3.73. The maximum absolute atomic E-state index is 12.9. The Morgan fingerprint density at radius 1 is 1.00 bits per heavy atom. The Bertz CT molecular complexity index is 1340. The highest BCUT2D eigenvalue weighted by molar-refractivity contribution is 5.97. The number of ether oxygens (including phenoxy) is 1. The summed E-state index contributed by atoms with van der Waals surface area (Å²) in [7, 11) is 0. The van der Waals surface area contributed by atoms with E-state index in [9.17, 15) is 14.7 Å². The van der Waals surface area contributed by atoms with Gasteiger partial charge in [0.05, 0.1) is 11.6 Å². The van der Waals surface area contributed by atoms with Crippen LogP contribution in [0, 0.1) is 0 Å². The molecular formula is C27H25N3O5. The number of H-pyrrole nitrogens is 1. The van der Waals surface area contributed by atoms with Crippen LogP contribution in [0.5, 0.6) is 11.5 Å². The first-order valence-electron chi connectivity index (χ1n) is 11.0. The van der Waals surface area contributed by atoms with Crippen molar-refractivity contribution in [2.45, 2.75) is 12.5 Å². The number of fused-ring (bicyclic) bond motifs is 1. The summed E-state index contributed by atoms with van der Waals surface area (Å²) in [5.74, 6) is -0.505. The Labute approximate surface area is 201 Å². The molecule has 178 valence electrons.